The smallest absolute Gasteiger partial charge is 0.407 e. The zero-order valence-electron chi connectivity index (χ0n) is 10.6. The Morgan fingerprint density at radius 1 is 1.53 bits per heavy atom. The molecule has 0 saturated heterocycles. The first-order valence-electron chi connectivity index (χ1n) is 5.07. The quantitative estimate of drug-likeness (QED) is 0.481. The van der Waals surface area contributed by atoms with E-state index in [9.17, 15) is 4.79 Å². The summed E-state index contributed by atoms with van der Waals surface area (Å²) in [5.41, 5.74) is 0.313. The lowest BCUT2D eigenvalue weighted by atomic mass is 10.2. The van der Waals surface area contributed by atoms with Gasteiger partial charge in [0.15, 0.2) is 0 Å². The fourth-order valence-electron chi connectivity index (χ4n) is 0.776. The van der Waals surface area contributed by atoms with Gasteiger partial charge in [0.2, 0.25) is 5.29 Å². The van der Waals surface area contributed by atoms with Crippen LogP contribution in [0.1, 0.15) is 27.7 Å². The first-order chi connectivity index (χ1) is 7.74. The Kier molecular flexibility index (Phi) is 6.50. The molecule has 0 fully saturated rings. The Balaban J connectivity index is 4.12. The summed E-state index contributed by atoms with van der Waals surface area (Å²) in [4.78, 5) is 18.5. The van der Waals surface area contributed by atoms with Crippen molar-refractivity contribution in [3.63, 3.8) is 0 Å². The van der Waals surface area contributed by atoms with E-state index in [2.05, 4.69) is 22.0 Å². The first-order valence-corrected chi connectivity index (χ1v) is 5.45. The zero-order chi connectivity index (χ0) is 13.5. The van der Waals surface area contributed by atoms with Crippen LogP contribution >= 0.6 is 11.6 Å². The average Bonchev–Trinajstić information content (AvgIpc) is 2.20. The Hall–Kier alpha value is -1.36. The van der Waals surface area contributed by atoms with Gasteiger partial charge in [-0.3, -0.25) is 0 Å². The number of hydrogen-bond donors (Lipinski definition) is 1. The molecule has 0 radical (unpaired) electrons. The van der Waals surface area contributed by atoms with Crippen molar-refractivity contribution in [2.45, 2.75) is 33.3 Å². The average molecular weight is 260 g/mol. The predicted octanol–water partition coefficient (Wildman–Crippen LogP) is 2.71. The lowest BCUT2D eigenvalue weighted by Crippen LogP contribution is -2.33. The fourth-order valence-corrected chi connectivity index (χ4v) is 0.824. The third-order valence-electron chi connectivity index (χ3n) is 1.43. The van der Waals surface area contributed by atoms with Gasteiger partial charge in [-0.05, 0) is 51.6 Å². The summed E-state index contributed by atoms with van der Waals surface area (Å²) in [5.74, 6) is 0. The van der Waals surface area contributed by atoms with Crippen LogP contribution in [0.4, 0.5) is 4.79 Å². The van der Waals surface area contributed by atoms with E-state index < -0.39 is 11.7 Å². The van der Waals surface area contributed by atoms with Gasteiger partial charge in [-0.2, -0.15) is 0 Å². The van der Waals surface area contributed by atoms with Crippen LogP contribution in [0, 0.1) is 0 Å². The summed E-state index contributed by atoms with van der Waals surface area (Å²) in [6.07, 6.45) is 1.04. The third kappa shape index (κ3) is 9.56. The molecule has 1 N–H and O–H groups in total. The van der Waals surface area contributed by atoms with Gasteiger partial charge in [0.05, 0.1) is 0 Å². The molecule has 0 aliphatic heterocycles. The van der Waals surface area contributed by atoms with Gasteiger partial charge in [0.1, 0.15) is 5.60 Å². The molecule has 0 aromatic carbocycles. The number of rotatable bonds is 3. The monoisotopic (exact) mass is 259 g/mol. The molecule has 0 spiro atoms. The number of nitrogens with one attached hydrogen (secondary N) is 1. The molecule has 0 rings (SSSR count). The van der Waals surface area contributed by atoms with Crippen LogP contribution in [-0.2, 0) is 4.74 Å². The minimum absolute atomic E-state index is 0.0571. The maximum Gasteiger partial charge on any atom is 0.407 e. The molecule has 0 aromatic heterocycles. The van der Waals surface area contributed by atoms with Crippen LogP contribution in [0.15, 0.2) is 21.8 Å². The molecule has 0 aromatic rings. The van der Waals surface area contributed by atoms with Crippen molar-refractivity contribution < 1.29 is 9.53 Å². The van der Waals surface area contributed by atoms with E-state index in [0.29, 0.717) is 6.54 Å². The zero-order valence-corrected chi connectivity index (χ0v) is 11.3. The van der Waals surface area contributed by atoms with Gasteiger partial charge in [-0.1, -0.05) is 0 Å². The Bertz CT molecular complexity index is 343. The van der Waals surface area contributed by atoms with Crippen LogP contribution in [-0.4, -0.2) is 30.3 Å². The lowest BCUT2D eigenvalue weighted by Gasteiger charge is -2.19. The molecule has 5 nitrogen and oxygen atoms in total. The minimum Gasteiger partial charge on any atom is -0.444 e. The van der Waals surface area contributed by atoms with Crippen LogP contribution in [0.3, 0.4) is 0 Å². The van der Waals surface area contributed by atoms with E-state index >= 15 is 0 Å². The molecule has 0 atom stereocenters. The molecule has 0 bridgehead atoms. The number of carbonyl (C=O) groups excluding carboxylic acids is 1. The number of amidine groups is 1. The number of amides is 1. The van der Waals surface area contributed by atoms with Crippen LogP contribution < -0.4 is 5.32 Å². The van der Waals surface area contributed by atoms with Crippen LogP contribution in [0.5, 0.6) is 0 Å². The number of hydrogen-bond acceptors (Lipinski definition) is 3. The van der Waals surface area contributed by atoms with Gasteiger partial charge in [0.25, 0.3) is 0 Å². The highest BCUT2D eigenvalue weighted by Gasteiger charge is 2.15. The summed E-state index contributed by atoms with van der Waals surface area (Å²) in [6, 6.07) is 0. The summed E-state index contributed by atoms with van der Waals surface area (Å²) >= 11 is 5.52. The Morgan fingerprint density at radius 3 is 2.59 bits per heavy atom. The molecule has 0 aliphatic carbocycles. The standard InChI is InChI=1S/C11H18ClN3O2/c1-8(6-14-9(12)13-5)7-15-10(16)17-11(2,3)4/h6H,5,7H2,1-4H3,(H,15,16)/b8-6+,14-9-. The number of aliphatic imine (C=N–C) groups is 2. The highest BCUT2D eigenvalue weighted by Crippen LogP contribution is 2.06. The topological polar surface area (TPSA) is 63.0 Å². The lowest BCUT2D eigenvalue weighted by molar-refractivity contribution is 0.0532. The number of carbonyl (C=O) groups is 1. The van der Waals surface area contributed by atoms with E-state index in [1.165, 1.54) is 6.20 Å². The van der Waals surface area contributed by atoms with Crippen molar-refractivity contribution >= 4 is 29.7 Å². The molecule has 0 heterocycles. The van der Waals surface area contributed by atoms with Crippen molar-refractivity contribution in [2.75, 3.05) is 6.54 Å². The largest absolute Gasteiger partial charge is 0.444 e. The van der Waals surface area contributed by atoms with Gasteiger partial charge < -0.3 is 10.1 Å². The highest BCUT2D eigenvalue weighted by molar-refractivity contribution is 6.65. The number of halogens is 1. The molecule has 0 saturated carbocycles. The molecule has 17 heavy (non-hydrogen) atoms. The number of ether oxygens (including phenoxy) is 1. The van der Waals surface area contributed by atoms with E-state index in [4.69, 9.17) is 16.3 Å². The van der Waals surface area contributed by atoms with E-state index in [0.717, 1.165) is 5.57 Å². The summed E-state index contributed by atoms with van der Waals surface area (Å²) in [7, 11) is 0. The molecule has 0 unspecified atom stereocenters. The summed E-state index contributed by atoms with van der Waals surface area (Å²) < 4.78 is 5.07. The molecule has 6 heteroatoms. The molecular formula is C11H18ClN3O2. The summed E-state index contributed by atoms with van der Waals surface area (Å²) in [5, 5.41) is 2.65. The normalized spacial score (nSPS) is 13.2. The third-order valence-corrected chi connectivity index (χ3v) is 1.65. The molecule has 1 amide bonds. The van der Waals surface area contributed by atoms with Gasteiger partial charge in [-0.25, -0.2) is 14.8 Å². The minimum atomic E-state index is -0.504. The van der Waals surface area contributed by atoms with Gasteiger partial charge >= 0.3 is 6.09 Å². The maximum absolute atomic E-state index is 11.3. The van der Waals surface area contributed by atoms with Gasteiger partial charge in [-0.15, -0.1) is 0 Å². The number of nitrogens with zero attached hydrogens (tertiary/aromatic N) is 2. The Morgan fingerprint density at radius 2 is 2.12 bits per heavy atom. The maximum atomic E-state index is 11.3. The first kappa shape index (κ1) is 15.6. The number of alkyl carbamates (subject to hydrolysis) is 1. The second-order valence-electron chi connectivity index (χ2n) is 4.39. The van der Waals surface area contributed by atoms with Crippen molar-refractivity contribution in [2.24, 2.45) is 9.98 Å². The Labute approximate surface area is 107 Å². The van der Waals surface area contributed by atoms with E-state index in [1.807, 2.05) is 0 Å². The molecule has 96 valence electrons. The molecule has 0 aliphatic rings. The van der Waals surface area contributed by atoms with Crippen molar-refractivity contribution in [3.8, 4) is 0 Å². The fraction of sp³-hybridized carbons (Fsp3) is 0.545. The summed E-state index contributed by atoms with van der Waals surface area (Å²) in [6.45, 7) is 10.8. The van der Waals surface area contributed by atoms with Crippen molar-refractivity contribution in [1.29, 1.82) is 0 Å². The van der Waals surface area contributed by atoms with Crippen molar-refractivity contribution in [3.05, 3.63) is 11.8 Å². The SMILES string of the molecule is C=N/C(Cl)=N\C=C(/C)CNC(=O)OC(C)(C)C. The van der Waals surface area contributed by atoms with Gasteiger partial charge in [0, 0.05) is 12.7 Å². The highest BCUT2D eigenvalue weighted by atomic mass is 35.5. The molecular weight excluding hydrogens is 242 g/mol. The van der Waals surface area contributed by atoms with E-state index in [1.54, 1.807) is 27.7 Å². The van der Waals surface area contributed by atoms with Crippen LogP contribution in [0.2, 0.25) is 0 Å². The van der Waals surface area contributed by atoms with Crippen molar-refractivity contribution in [1.82, 2.24) is 5.32 Å². The predicted molar refractivity (Wildman–Crippen MR) is 70.8 cm³/mol. The second-order valence-corrected chi connectivity index (χ2v) is 4.73. The van der Waals surface area contributed by atoms with Crippen LogP contribution in [0.25, 0.3) is 0 Å². The second kappa shape index (κ2) is 7.06. The van der Waals surface area contributed by atoms with E-state index in [-0.39, 0.29) is 5.29 Å².